The minimum Gasteiger partial charge on any atom is -0.425 e. The minimum absolute atomic E-state index is 0.561. The Morgan fingerprint density at radius 1 is 0.643 bits per heavy atom. The van der Waals surface area contributed by atoms with E-state index in [2.05, 4.69) is 35.4 Å². The van der Waals surface area contributed by atoms with E-state index in [-0.39, 0.29) is 0 Å². The second-order valence-electron chi connectivity index (χ2n) is 6.92. The molecule has 0 aliphatic heterocycles. The van der Waals surface area contributed by atoms with Crippen LogP contribution in [0.2, 0.25) is 0 Å². The van der Waals surface area contributed by atoms with E-state index in [0.717, 1.165) is 32.7 Å². The van der Waals surface area contributed by atoms with Crippen LogP contribution in [0.5, 0.6) is 0 Å². The van der Waals surface area contributed by atoms with Crippen LogP contribution in [0.3, 0.4) is 0 Å². The third-order valence-electron chi connectivity index (χ3n) is 5.37. The molecule has 28 heavy (non-hydrogen) atoms. The fraction of sp³-hybridized carbons (Fsp3) is 0. The maximum Gasteiger partial charge on any atom is 0.518 e. The van der Waals surface area contributed by atoms with Crippen LogP contribution in [0.15, 0.2) is 96.1 Å². The number of fused-ring (bicyclic) bond motifs is 3. The van der Waals surface area contributed by atoms with E-state index in [1.165, 1.54) is 10.8 Å². The Hall–Kier alpha value is -3.50. The number of hydrogen-bond donors (Lipinski definition) is 1. The molecule has 3 nitrogen and oxygen atoms in total. The summed E-state index contributed by atoms with van der Waals surface area (Å²) in [5, 5.41) is 19.3. The van der Waals surface area contributed by atoms with Crippen molar-refractivity contribution in [3.8, 4) is 11.1 Å². The van der Waals surface area contributed by atoms with Gasteiger partial charge in [0.25, 0.3) is 0 Å². The SMILES string of the molecule is O=NB(O)c1c2ccccc2c(-c2ccc3ccccc3c2)c2ccccc12. The van der Waals surface area contributed by atoms with Gasteiger partial charge in [-0.2, -0.15) is 4.91 Å². The van der Waals surface area contributed by atoms with Crippen molar-refractivity contribution in [3.05, 3.63) is 95.9 Å². The van der Waals surface area contributed by atoms with E-state index in [0.29, 0.717) is 5.46 Å². The first-order valence-corrected chi connectivity index (χ1v) is 9.21. The van der Waals surface area contributed by atoms with Crippen LogP contribution in [0.25, 0.3) is 43.4 Å². The fourth-order valence-corrected chi connectivity index (χ4v) is 4.15. The summed E-state index contributed by atoms with van der Waals surface area (Å²) in [5.41, 5.74) is 2.76. The van der Waals surface area contributed by atoms with Crippen LogP contribution >= 0.6 is 0 Å². The van der Waals surface area contributed by atoms with Gasteiger partial charge in [0, 0.05) is 0 Å². The first kappa shape index (κ1) is 16.7. The zero-order chi connectivity index (χ0) is 19.1. The van der Waals surface area contributed by atoms with Gasteiger partial charge in [0.2, 0.25) is 0 Å². The van der Waals surface area contributed by atoms with Gasteiger partial charge >= 0.3 is 7.05 Å². The second-order valence-corrected chi connectivity index (χ2v) is 6.92. The first-order valence-electron chi connectivity index (χ1n) is 9.21. The maximum atomic E-state index is 11.2. The molecule has 5 aromatic rings. The largest absolute Gasteiger partial charge is 0.518 e. The molecule has 0 aromatic heterocycles. The third kappa shape index (κ3) is 2.50. The lowest BCUT2D eigenvalue weighted by molar-refractivity contribution is 0.588. The van der Waals surface area contributed by atoms with Gasteiger partial charge in [-0.15, -0.1) is 0 Å². The molecule has 132 valence electrons. The lowest BCUT2D eigenvalue weighted by Crippen LogP contribution is -2.29. The van der Waals surface area contributed by atoms with Gasteiger partial charge in [-0.25, -0.2) is 0 Å². The molecule has 0 aliphatic carbocycles. The number of nitroso groups, excluding NO2 is 1. The molecule has 0 saturated carbocycles. The molecule has 0 heterocycles. The van der Waals surface area contributed by atoms with E-state index in [9.17, 15) is 9.93 Å². The predicted octanol–water partition coefficient (Wildman–Crippen LogP) is 5.27. The molecule has 0 spiro atoms. The Kier molecular flexibility index (Phi) is 3.92. The molecule has 5 aromatic carbocycles. The predicted molar refractivity (Wildman–Crippen MR) is 118 cm³/mol. The summed E-state index contributed by atoms with van der Waals surface area (Å²) in [4.78, 5) is 11.2. The lowest BCUT2D eigenvalue weighted by Gasteiger charge is -2.17. The molecule has 5 rings (SSSR count). The minimum atomic E-state index is -1.40. The molecule has 0 atom stereocenters. The molecule has 0 aliphatic rings. The third-order valence-corrected chi connectivity index (χ3v) is 5.37. The van der Waals surface area contributed by atoms with E-state index < -0.39 is 7.05 Å². The Bertz CT molecular complexity index is 1310. The highest BCUT2D eigenvalue weighted by atomic mass is 16.3. The molecule has 0 radical (unpaired) electrons. The van der Waals surface area contributed by atoms with E-state index >= 15 is 0 Å². The van der Waals surface area contributed by atoms with Crippen LogP contribution in [0.4, 0.5) is 0 Å². The molecule has 0 amide bonds. The quantitative estimate of drug-likeness (QED) is 0.270. The molecule has 0 unspecified atom stereocenters. The number of nitrogens with zero attached hydrogens (tertiary/aromatic N) is 1. The smallest absolute Gasteiger partial charge is 0.425 e. The summed E-state index contributed by atoms with van der Waals surface area (Å²) < 4.78 is 0. The average Bonchev–Trinajstić information content (AvgIpc) is 2.76. The molecular formula is C24H16BNO2. The first-order chi connectivity index (χ1) is 13.8. The molecular weight excluding hydrogens is 345 g/mol. The standard InChI is InChI=1S/C24H16BNO2/c27-25(26-28)24-21-11-5-3-9-19(21)23(20-10-4-6-12-22(20)24)18-14-13-16-7-1-2-8-17(16)15-18/h1-15,27H. The monoisotopic (exact) mass is 361 g/mol. The highest BCUT2D eigenvalue weighted by Crippen LogP contribution is 2.36. The Balaban J connectivity index is 1.96. The van der Waals surface area contributed by atoms with Crippen LogP contribution < -0.4 is 5.46 Å². The van der Waals surface area contributed by atoms with Gasteiger partial charge in [-0.1, -0.05) is 90.0 Å². The van der Waals surface area contributed by atoms with Crippen molar-refractivity contribution in [1.82, 2.24) is 0 Å². The normalized spacial score (nSPS) is 11.2. The summed E-state index contributed by atoms with van der Waals surface area (Å²) in [7, 11) is -1.40. The molecule has 0 fully saturated rings. The Morgan fingerprint density at radius 3 is 1.79 bits per heavy atom. The van der Waals surface area contributed by atoms with Crippen LogP contribution in [0.1, 0.15) is 0 Å². The summed E-state index contributed by atoms with van der Waals surface area (Å²) in [6.07, 6.45) is 0. The van der Waals surface area contributed by atoms with Crippen molar-refractivity contribution in [2.45, 2.75) is 0 Å². The van der Waals surface area contributed by atoms with E-state index in [4.69, 9.17) is 0 Å². The highest BCUT2D eigenvalue weighted by molar-refractivity contribution is 6.70. The van der Waals surface area contributed by atoms with Crippen molar-refractivity contribution in [2.24, 2.45) is 5.09 Å². The van der Waals surface area contributed by atoms with Crippen LogP contribution in [-0.2, 0) is 0 Å². The van der Waals surface area contributed by atoms with E-state index in [1.807, 2.05) is 60.7 Å². The van der Waals surface area contributed by atoms with Crippen molar-refractivity contribution < 1.29 is 5.02 Å². The number of rotatable bonds is 3. The van der Waals surface area contributed by atoms with Crippen molar-refractivity contribution in [2.75, 3.05) is 0 Å². The lowest BCUT2D eigenvalue weighted by atomic mass is 9.69. The summed E-state index contributed by atoms with van der Waals surface area (Å²) in [6.45, 7) is 0. The van der Waals surface area contributed by atoms with Crippen molar-refractivity contribution in [3.63, 3.8) is 0 Å². The summed E-state index contributed by atoms with van der Waals surface area (Å²) >= 11 is 0. The fourth-order valence-electron chi connectivity index (χ4n) is 4.15. The van der Waals surface area contributed by atoms with Crippen molar-refractivity contribution >= 4 is 44.8 Å². The molecule has 1 N–H and O–H groups in total. The number of hydrogen-bond acceptors (Lipinski definition) is 3. The zero-order valence-corrected chi connectivity index (χ0v) is 15.0. The second kappa shape index (κ2) is 6.59. The summed E-state index contributed by atoms with van der Waals surface area (Å²) in [6, 6.07) is 30.5. The van der Waals surface area contributed by atoms with Crippen LogP contribution in [0, 0.1) is 4.91 Å². The van der Waals surface area contributed by atoms with Crippen LogP contribution in [-0.4, -0.2) is 12.1 Å². The van der Waals surface area contributed by atoms with Gasteiger partial charge in [0.15, 0.2) is 0 Å². The Morgan fingerprint density at radius 2 is 1.18 bits per heavy atom. The average molecular weight is 361 g/mol. The van der Waals surface area contributed by atoms with Gasteiger partial charge in [-0.05, 0) is 55.0 Å². The molecule has 4 heteroatoms. The van der Waals surface area contributed by atoms with Gasteiger partial charge in [0.1, 0.15) is 0 Å². The Labute approximate surface area is 162 Å². The highest BCUT2D eigenvalue weighted by Gasteiger charge is 2.24. The topological polar surface area (TPSA) is 49.7 Å². The molecule has 0 bridgehead atoms. The van der Waals surface area contributed by atoms with Gasteiger partial charge in [0.05, 0.1) is 0 Å². The maximum absolute atomic E-state index is 11.2. The van der Waals surface area contributed by atoms with Gasteiger partial charge in [-0.3, -0.25) is 0 Å². The van der Waals surface area contributed by atoms with Gasteiger partial charge < -0.3 is 5.02 Å². The van der Waals surface area contributed by atoms with Crippen molar-refractivity contribution in [1.29, 1.82) is 0 Å². The molecule has 0 saturated heterocycles. The number of benzene rings is 5. The zero-order valence-electron chi connectivity index (χ0n) is 15.0. The summed E-state index contributed by atoms with van der Waals surface area (Å²) in [5.74, 6) is 0. The van der Waals surface area contributed by atoms with E-state index in [1.54, 1.807) is 0 Å².